The molecule has 0 aromatic heterocycles. The molecule has 0 saturated carbocycles. The van der Waals surface area contributed by atoms with Gasteiger partial charge in [0, 0.05) is 19.3 Å². The Hall–Kier alpha value is -1.26. The van der Waals surface area contributed by atoms with E-state index in [1.807, 2.05) is 0 Å². The second-order valence-electron chi connectivity index (χ2n) is 6.60. The summed E-state index contributed by atoms with van der Waals surface area (Å²) in [4.78, 5) is 2.67. The lowest BCUT2D eigenvalue weighted by atomic mass is 9.85. The molecule has 4 nitrogen and oxygen atoms in total. The number of benzene rings is 1. The molecule has 3 rings (SSSR count). The number of nitrogens with two attached hydrogens (primary N) is 1. The van der Waals surface area contributed by atoms with E-state index in [1.54, 1.807) is 7.11 Å². The van der Waals surface area contributed by atoms with Crippen LogP contribution in [0.1, 0.15) is 42.7 Å². The van der Waals surface area contributed by atoms with E-state index >= 15 is 0 Å². The molecule has 0 unspecified atom stereocenters. The molecule has 4 heteroatoms. The highest BCUT2D eigenvalue weighted by Crippen LogP contribution is 2.36. The number of nitrogens with zero attached hydrogens (tertiary/aromatic N) is 1. The normalized spacial score (nSPS) is 21.9. The van der Waals surface area contributed by atoms with E-state index in [9.17, 15) is 0 Å². The molecule has 2 heterocycles. The molecule has 2 N–H and O–H groups in total. The van der Waals surface area contributed by atoms with Gasteiger partial charge in [-0.3, -0.25) is 0 Å². The molecule has 0 radical (unpaired) electrons. The van der Waals surface area contributed by atoms with Gasteiger partial charge in [0.2, 0.25) is 0 Å². The Labute approximate surface area is 133 Å². The van der Waals surface area contributed by atoms with Gasteiger partial charge in [-0.25, -0.2) is 0 Å². The summed E-state index contributed by atoms with van der Waals surface area (Å²) in [6.45, 7) is 6.41. The number of nitrogen functional groups attached to an aromatic ring is 1. The first-order chi connectivity index (χ1) is 10.7. The molecular formula is C18H28N2O2. The van der Waals surface area contributed by atoms with Gasteiger partial charge in [-0.2, -0.15) is 0 Å². The number of aryl methyl sites for hydroxylation is 1. The van der Waals surface area contributed by atoms with Gasteiger partial charge in [0.15, 0.2) is 0 Å². The van der Waals surface area contributed by atoms with Crippen molar-refractivity contribution in [2.75, 3.05) is 39.1 Å². The zero-order valence-electron chi connectivity index (χ0n) is 13.8. The second-order valence-corrected chi connectivity index (χ2v) is 6.60. The van der Waals surface area contributed by atoms with Crippen LogP contribution in [0, 0.1) is 6.92 Å². The van der Waals surface area contributed by atoms with Gasteiger partial charge in [-0.05, 0) is 74.9 Å². The summed E-state index contributed by atoms with van der Waals surface area (Å²) in [6.07, 6.45) is 4.84. The van der Waals surface area contributed by atoms with Crippen LogP contribution in [0.3, 0.4) is 0 Å². The molecule has 1 aromatic rings. The van der Waals surface area contributed by atoms with E-state index in [-0.39, 0.29) is 0 Å². The molecule has 2 saturated heterocycles. The number of likely N-dealkylation sites (tertiary alicyclic amines) is 1. The van der Waals surface area contributed by atoms with Crippen molar-refractivity contribution in [1.29, 1.82) is 0 Å². The average Bonchev–Trinajstić information content (AvgIpc) is 2.56. The van der Waals surface area contributed by atoms with Crippen LogP contribution in [-0.4, -0.2) is 44.4 Å². The van der Waals surface area contributed by atoms with Crippen molar-refractivity contribution in [2.24, 2.45) is 0 Å². The molecule has 0 amide bonds. The zero-order valence-corrected chi connectivity index (χ0v) is 13.8. The van der Waals surface area contributed by atoms with Gasteiger partial charge < -0.3 is 20.1 Å². The van der Waals surface area contributed by atoms with Crippen LogP contribution in [-0.2, 0) is 4.74 Å². The summed E-state index contributed by atoms with van der Waals surface area (Å²) in [5, 5.41) is 0. The predicted molar refractivity (Wildman–Crippen MR) is 89.5 cm³/mol. The minimum absolute atomic E-state index is 0.630. The van der Waals surface area contributed by atoms with Crippen molar-refractivity contribution >= 4 is 5.69 Å². The molecule has 122 valence electrons. The average molecular weight is 304 g/mol. The lowest BCUT2D eigenvalue weighted by Crippen LogP contribution is -2.43. The van der Waals surface area contributed by atoms with E-state index in [4.69, 9.17) is 15.2 Å². The molecule has 0 spiro atoms. The van der Waals surface area contributed by atoms with E-state index in [0.29, 0.717) is 5.92 Å². The first-order valence-corrected chi connectivity index (χ1v) is 8.45. The maximum Gasteiger partial charge on any atom is 0.142 e. The van der Waals surface area contributed by atoms with Crippen molar-refractivity contribution < 1.29 is 9.47 Å². The minimum atomic E-state index is 0.630. The fourth-order valence-electron chi connectivity index (χ4n) is 3.97. The van der Waals surface area contributed by atoms with Crippen molar-refractivity contribution in [3.8, 4) is 5.75 Å². The monoisotopic (exact) mass is 304 g/mol. The van der Waals surface area contributed by atoms with Crippen molar-refractivity contribution in [3.05, 3.63) is 23.3 Å². The number of hydrogen-bond donors (Lipinski definition) is 1. The lowest BCUT2D eigenvalue weighted by Gasteiger charge is -2.39. The molecule has 0 bridgehead atoms. The van der Waals surface area contributed by atoms with Gasteiger partial charge in [0.05, 0.1) is 12.8 Å². The molecule has 0 aliphatic carbocycles. The van der Waals surface area contributed by atoms with Gasteiger partial charge in [0.1, 0.15) is 5.75 Å². The molecule has 2 aliphatic heterocycles. The van der Waals surface area contributed by atoms with Gasteiger partial charge in [0.25, 0.3) is 0 Å². The molecule has 1 aromatic carbocycles. The summed E-state index contributed by atoms with van der Waals surface area (Å²) in [5.74, 6) is 1.44. The molecule has 0 atom stereocenters. The SMILES string of the molecule is COc1cc(C2CCN(C3CCOCC3)CC2)c(C)cc1N. The third-order valence-corrected chi connectivity index (χ3v) is 5.29. The molecule has 2 aliphatic rings. The van der Waals surface area contributed by atoms with E-state index < -0.39 is 0 Å². The molecule has 22 heavy (non-hydrogen) atoms. The van der Waals surface area contributed by atoms with Gasteiger partial charge >= 0.3 is 0 Å². The van der Waals surface area contributed by atoms with Crippen molar-refractivity contribution in [2.45, 2.75) is 44.6 Å². The Kier molecular flexibility index (Phi) is 4.89. The third kappa shape index (κ3) is 3.23. The number of methoxy groups -OCH3 is 1. The van der Waals surface area contributed by atoms with Crippen LogP contribution in [0.15, 0.2) is 12.1 Å². The van der Waals surface area contributed by atoms with Crippen LogP contribution in [0.2, 0.25) is 0 Å². The van der Waals surface area contributed by atoms with Crippen LogP contribution >= 0.6 is 0 Å². The Bertz CT molecular complexity index is 504. The Balaban J connectivity index is 1.66. The first-order valence-electron chi connectivity index (χ1n) is 8.45. The fraction of sp³-hybridized carbons (Fsp3) is 0.667. The second kappa shape index (κ2) is 6.88. The molecular weight excluding hydrogens is 276 g/mol. The van der Waals surface area contributed by atoms with Crippen LogP contribution in [0.4, 0.5) is 5.69 Å². The standard InChI is InChI=1S/C18H28N2O2/c1-13-11-17(19)18(21-2)12-16(13)14-3-7-20(8-4-14)15-5-9-22-10-6-15/h11-12,14-15H,3-10,19H2,1-2H3. The highest BCUT2D eigenvalue weighted by molar-refractivity contribution is 5.57. The van der Waals surface area contributed by atoms with Crippen molar-refractivity contribution in [3.63, 3.8) is 0 Å². The quantitative estimate of drug-likeness (QED) is 0.872. The van der Waals surface area contributed by atoms with E-state index in [0.717, 1.165) is 30.7 Å². The minimum Gasteiger partial charge on any atom is -0.495 e. The zero-order chi connectivity index (χ0) is 15.5. The van der Waals surface area contributed by atoms with Crippen molar-refractivity contribution in [1.82, 2.24) is 4.90 Å². The number of hydrogen-bond acceptors (Lipinski definition) is 4. The highest BCUT2D eigenvalue weighted by Gasteiger charge is 2.28. The largest absolute Gasteiger partial charge is 0.495 e. The summed E-state index contributed by atoms with van der Waals surface area (Å²) >= 11 is 0. The highest BCUT2D eigenvalue weighted by atomic mass is 16.5. The maximum atomic E-state index is 6.00. The molecule has 2 fully saturated rings. The van der Waals surface area contributed by atoms with Gasteiger partial charge in [-0.1, -0.05) is 0 Å². The topological polar surface area (TPSA) is 47.7 Å². The van der Waals surface area contributed by atoms with E-state index in [2.05, 4.69) is 24.0 Å². The van der Waals surface area contributed by atoms with Crippen LogP contribution in [0.5, 0.6) is 5.75 Å². The number of piperidine rings is 1. The third-order valence-electron chi connectivity index (χ3n) is 5.29. The lowest BCUT2D eigenvalue weighted by molar-refractivity contribution is 0.0251. The Morgan fingerprint density at radius 1 is 1.14 bits per heavy atom. The smallest absolute Gasteiger partial charge is 0.142 e. The number of anilines is 1. The predicted octanol–water partition coefficient (Wildman–Crippen LogP) is 2.94. The van der Waals surface area contributed by atoms with E-state index in [1.165, 1.54) is 49.9 Å². The summed E-state index contributed by atoms with van der Waals surface area (Å²) in [6, 6.07) is 4.94. The maximum absolute atomic E-state index is 6.00. The Morgan fingerprint density at radius 3 is 2.45 bits per heavy atom. The first kappa shape index (κ1) is 15.6. The number of ether oxygens (including phenoxy) is 2. The summed E-state index contributed by atoms with van der Waals surface area (Å²) in [5.41, 5.74) is 9.45. The van der Waals surface area contributed by atoms with Gasteiger partial charge in [-0.15, -0.1) is 0 Å². The summed E-state index contributed by atoms with van der Waals surface area (Å²) < 4.78 is 10.9. The number of rotatable bonds is 3. The summed E-state index contributed by atoms with van der Waals surface area (Å²) in [7, 11) is 1.69. The Morgan fingerprint density at radius 2 is 1.82 bits per heavy atom. The fourth-order valence-corrected chi connectivity index (χ4v) is 3.97. The van der Waals surface area contributed by atoms with Crippen LogP contribution in [0.25, 0.3) is 0 Å². The van der Waals surface area contributed by atoms with Crippen LogP contribution < -0.4 is 10.5 Å².